The molecule has 1 heterocycles. The molecule has 2 aliphatic rings. The minimum Gasteiger partial charge on any atom is -0.374 e. The molecule has 1 saturated carbocycles. The van der Waals surface area contributed by atoms with Gasteiger partial charge < -0.3 is 15.8 Å². The van der Waals surface area contributed by atoms with Gasteiger partial charge in [-0.3, -0.25) is 9.69 Å². The van der Waals surface area contributed by atoms with E-state index in [-0.39, 0.29) is 24.1 Å². The monoisotopic (exact) mass is 269 g/mol. The van der Waals surface area contributed by atoms with E-state index in [2.05, 4.69) is 10.2 Å². The van der Waals surface area contributed by atoms with Crippen molar-refractivity contribution in [2.45, 2.75) is 63.8 Å². The number of hydrogen-bond donors (Lipinski definition) is 2. The summed E-state index contributed by atoms with van der Waals surface area (Å²) < 4.78 is 5.63. The molecule has 110 valence electrons. The third kappa shape index (κ3) is 3.91. The van der Waals surface area contributed by atoms with Crippen LogP contribution in [0.4, 0.5) is 0 Å². The Hall–Kier alpha value is -0.650. The van der Waals surface area contributed by atoms with Gasteiger partial charge in [0, 0.05) is 25.2 Å². The van der Waals surface area contributed by atoms with Crippen molar-refractivity contribution >= 4 is 5.91 Å². The molecule has 0 aromatic carbocycles. The fraction of sp³-hybridized carbons (Fsp3) is 0.929. The maximum atomic E-state index is 12.2. The summed E-state index contributed by atoms with van der Waals surface area (Å²) >= 11 is 0. The molecule has 1 amide bonds. The average molecular weight is 269 g/mol. The predicted octanol–water partition coefficient (Wildman–Crippen LogP) is 0.482. The molecular formula is C14H27N3O2. The summed E-state index contributed by atoms with van der Waals surface area (Å²) in [6.07, 6.45) is 4.77. The third-order valence-electron chi connectivity index (χ3n) is 4.34. The highest BCUT2D eigenvalue weighted by Crippen LogP contribution is 2.18. The molecular weight excluding hydrogens is 242 g/mol. The molecule has 3 unspecified atom stereocenters. The van der Waals surface area contributed by atoms with Crippen molar-refractivity contribution in [3.05, 3.63) is 0 Å². The van der Waals surface area contributed by atoms with Gasteiger partial charge in [-0.1, -0.05) is 12.8 Å². The minimum atomic E-state index is -0.0919. The van der Waals surface area contributed by atoms with Crippen LogP contribution in [0.5, 0.6) is 0 Å². The number of ether oxygens (including phenoxy) is 1. The van der Waals surface area contributed by atoms with Crippen molar-refractivity contribution in [3.63, 3.8) is 0 Å². The quantitative estimate of drug-likeness (QED) is 0.779. The number of nitrogens with zero attached hydrogens (tertiary/aromatic N) is 1. The smallest absolute Gasteiger partial charge is 0.237 e. The summed E-state index contributed by atoms with van der Waals surface area (Å²) in [5.74, 6) is 0.150. The normalized spacial score (nSPS) is 29.1. The molecule has 0 radical (unpaired) electrons. The molecule has 2 fully saturated rings. The highest BCUT2D eigenvalue weighted by molar-refractivity contribution is 5.81. The lowest BCUT2D eigenvalue weighted by atomic mass is 10.1. The molecule has 1 aliphatic heterocycles. The summed E-state index contributed by atoms with van der Waals surface area (Å²) in [6, 6.07) is 0.305. The lowest BCUT2D eigenvalue weighted by molar-refractivity contribution is -0.130. The zero-order valence-corrected chi connectivity index (χ0v) is 12.1. The molecule has 5 nitrogen and oxygen atoms in total. The second-order valence-corrected chi connectivity index (χ2v) is 5.93. The van der Waals surface area contributed by atoms with Crippen LogP contribution in [0.25, 0.3) is 0 Å². The fourth-order valence-electron chi connectivity index (χ4n) is 2.92. The fourth-order valence-corrected chi connectivity index (χ4v) is 2.92. The van der Waals surface area contributed by atoms with Crippen LogP contribution < -0.4 is 11.1 Å². The van der Waals surface area contributed by atoms with Crippen molar-refractivity contribution in [1.29, 1.82) is 0 Å². The van der Waals surface area contributed by atoms with Gasteiger partial charge in [0.1, 0.15) is 0 Å². The number of rotatable bonds is 4. The van der Waals surface area contributed by atoms with Crippen LogP contribution in [-0.4, -0.2) is 54.7 Å². The van der Waals surface area contributed by atoms with Crippen LogP contribution in [0.2, 0.25) is 0 Å². The second kappa shape index (κ2) is 6.68. The molecule has 0 aromatic heterocycles. The Morgan fingerprint density at radius 1 is 1.37 bits per heavy atom. The van der Waals surface area contributed by atoms with E-state index in [1.807, 2.05) is 13.8 Å². The lowest BCUT2D eigenvalue weighted by Crippen LogP contribution is -2.56. The number of nitrogens with two attached hydrogens (primary N) is 1. The molecule has 2 rings (SSSR count). The van der Waals surface area contributed by atoms with Gasteiger partial charge in [-0.2, -0.15) is 0 Å². The molecule has 5 heteroatoms. The van der Waals surface area contributed by atoms with Crippen LogP contribution in [0, 0.1) is 0 Å². The van der Waals surface area contributed by atoms with Gasteiger partial charge in [0.15, 0.2) is 0 Å². The van der Waals surface area contributed by atoms with Gasteiger partial charge in [-0.05, 0) is 26.7 Å². The van der Waals surface area contributed by atoms with Gasteiger partial charge >= 0.3 is 0 Å². The first-order valence-electron chi connectivity index (χ1n) is 7.49. The largest absolute Gasteiger partial charge is 0.374 e. The van der Waals surface area contributed by atoms with Crippen molar-refractivity contribution in [1.82, 2.24) is 10.2 Å². The van der Waals surface area contributed by atoms with E-state index >= 15 is 0 Å². The Morgan fingerprint density at radius 2 is 2.05 bits per heavy atom. The van der Waals surface area contributed by atoms with Gasteiger partial charge in [0.2, 0.25) is 5.91 Å². The van der Waals surface area contributed by atoms with E-state index < -0.39 is 0 Å². The highest BCUT2D eigenvalue weighted by atomic mass is 16.5. The van der Waals surface area contributed by atoms with Crippen LogP contribution >= 0.6 is 0 Å². The maximum absolute atomic E-state index is 12.2. The predicted molar refractivity (Wildman–Crippen MR) is 74.8 cm³/mol. The van der Waals surface area contributed by atoms with Gasteiger partial charge in [0.05, 0.1) is 18.8 Å². The first-order chi connectivity index (χ1) is 9.08. The molecule has 1 saturated heterocycles. The molecule has 19 heavy (non-hydrogen) atoms. The SMILES string of the molecule is CC(N)C1CN(C(C)C(=O)NC2CCCC2)CCO1. The first-order valence-corrected chi connectivity index (χ1v) is 7.49. The number of nitrogens with one attached hydrogen (secondary N) is 1. The summed E-state index contributed by atoms with van der Waals surface area (Å²) in [5, 5.41) is 3.17. The zero-order chi connectivity index (χ0) is 13.8. The maximum Gasteiger partial charge on any atom is 0.237 e. The third-order valence-corrected chi connectivity index (χ3v) is 4.34. The molecule has 0 spiro atoms. The molecule has 0 bridgehead atoms. The van der Waals surface area contributed by atoms with Crippen LogP contribution in [0.15, 0.2) is 0 Å². The van der Waals surface area contributed by atoms with E-state index in [0.29, 0.717) is 12.6 Å². The Labute approximate surface area is 115 Å². The summed E-state index contributed by atoms with van der Waals surface area (Å²) in [7, 11) is 0. The second-order valence-electron chi connectivity index (χ2n) is 5.93. The standard InChI is InChI=1S/C14H27N3O2/c1-10(15)13-9-17(7-8-19-13)11(2)14(18)16-12-5-3-4-6-12/h10-13H,3-9,15H2,1-2H3,(H,16,18). The van der Waals surface area contributed by atoms with Crippen molar-refractivity contribution < 1.29 is 9.53 Å². The van der Waals surface area contributed by atoms with Gasteiger partial charge in [0.25, 0.3) is 0 Å². The zero-order valence-electron chi connectivity index (χ0n) is 12.1. The molecule has 0 aromatic rings. The Balaban J connectivity index is 1.83. The number of hydrogen-bond acceptors (Lipinski definition) is 4. The van der Waals surface area contributed by atoms with Crippen molar-refractivity contribution in [2.24, 2.45) is 5.73 Å². The molecule has 3 atom stereocenters. The van der Waals surface area contributed by atoms with E-state index in [9.17, 15) is 4.79 Å². The summed E-state index contributed by atoms with van der Waals surface area (Å²) in [6.45, 7) is 6.15. The van der Waals surface area contributed by atoms with E-state index in [0.717, 1.165) is 25.9 Å². The van der Waals surface area contributed by atoms with E-state index in [4.69, 9.17) is 10.5 Å². The summed E-state index contributed by atoms with van der Waals surface area (Å²) in [5.41, 5.74) is 5.89. The Morgan fingerprint density at radius 3 is 2.68 bits per heavy atom. The average Bonchev–Trinajstić information content (AvgIpc) is 2.90. The Bertz CT molecular complexity index is 303. The van der Waals surface area contributed by atoms with Gasteiger partial charge in [-0.25, -0.2) is 0 Å². The molecule has 3 N–H and O–H groups in total. The van der Waals surface area contributed by atoms with E-state index in [1.54, 1.807) is 0 Å². The van der Waals surface area contributed by atoms with Crippen molar-refractivity contribution in [3.8, 4) is 0 Å². The van der Waals surface area contributed by atoms with E-state index in [1.165, 1.54) is 12.8 Å². The number of carbonyl (C=O) groups is 1. The van der Waals surface area contributed by atoms with Crippen LogP contribution in [0.3, 0.4) is 0 Å². The Kier molecular flexibility index (Phi) is 5.19. The van der Waals surface area contributed by atoms with Crippen molar-refractivity contribution in [2.75, 3.05) is 19.7 Å². The lowest BCUT2D eigenvalue weighted by Gasteiger charge is -2.37. The van der Waals surface area contributed by atoms with Gasteiger partial charge in [-0.15, -0.1) is 0 Å². The molecule has 1 aliphatic carbocycles. The van der Waals surface area contributed by atoms with Crippen LogP contribution in [-0.2, 0) is 9.53 Å². The van der Waals surface area contributed by atoms with Crippen LogP contribution in [0.1, 0.15) is 39.5 Å². The highest BCUT2D eigenvalue weighted by Gasteiger charge is 2.30. The summed E-state index contributed by atoms with van der Waals surface area (Å²) in [4.78, 5) is 14.4. The minimum absolute atomic E-state index is 0.00731. The first kappa shape index (κ1) is 14.8. The number of carbonyl (C=O) groups excluding carboxylic acids is 1. The number of amides is 1. The number of morpholine rings is 1. The topological polar surface area (TPSA) is 67.6 Å².